The number of carbonyl (C=O) groups is 2. The minimum atomic E-state index is -0.588. The summed E-state index contributed by atoms with van der Waals surface area (Å²) >= 11 is 0. The van der Waals surface area contributed by atoms with Crippen LogP contribution in [0.25, 0.3) is 0 Å². The molecule has 2 aliphatic heterocycles. The van der Waals surface area contributed by atoms with Gasteiger partial charge in [0, 0.05) is 0 Å². The molecule has 0 aromatic heterocycles. The quantitative estimate of drug-likeness (QED) is 0.542. The highest BCUT2D eigenvalue weighted by Crippen LogP contribution is 2.04. The number of fused-ring (bicyclic) bond motifs is 1. The van der Waals surface area contributed by atoms with Crippen LogP contribution >= 0.6 is 12.4 Å². The number of hydrogen-bond donors (Lipinski definition) is 2. The van der Waals surface area contributed by atoms with E-state index in [2.05, 4.69) is 15.6 Å². The zero-order valence-electron chi connectivity index (χ0n) is 5.90. The SMILES string of the molecule is Cl.O=C1N=C2C=CNC2C(=O)N1. The maximum atomic E-state index is 11.0. The first-order valence-corrected chi connectivity index (χ1v) is 3.13. The van der Waals surface area contributed by atoms with Crippen LogP contribution in [0.15, 0.2) is 17.3 Å². The summed E-state index contributed by atoms with van der Waals surface area (Å²) in [5.41, 5.74) is 0.485. The maximum absolute atomic E-state index is 11.0. The standard InChI is InChI=1S/C6H5N3O2.ClH/c10-5-4-3(1-2-7-4)8-6(11)9-5;/h1-2,4,7H,(H,9,10,11);1H. The molecule has 2 N–H and O–H groups in total. The van der Waals surface area contributed by atoms with Gasteiger partial charge >= 0.3 is 6.03 Å². The van der Waals surface area contributed by atoms with E-state index in [1.807, 2.05) is 0 Å². The summed E-state index contributed by atoms with van der Waals surface area (Å²) in [4.78, 5) is 25.2. The van der Waals surface area contributed by atoms with Crippen molar-refractivity contribution < 1.29 is 9.59 Å². The van der Waals surface area contributed by atoms with E-state index in [9.17, 15) is 9.59 Å². The average molecular weight is 188 g/mol. The van der Waals surface area contributed by atoms with Crippen LogP contribution in [-0.4, -0.2) is 23.7 Å². The Morgan fingerprint density at radius 2 is 2.17 bits per heavy atom. The van der Waals surface area contributed by atoms with Crippen LogP contribution in [0.3, 0.4) is 0 Å². The Balaban J connectivity index is 0.000000720. The second-order valence-corrected chi connectivity index (χ2v) is 2.26. The van der Waals surface area contributed by atoms with Crippen molar-refractivity contribution in [2.45, 2.75) is 6.04 Å². The molecule has 0 aromatic rings. The number of halogens is 1. The van der Waals surface area contributed by atoms with Crippen LogP contribution in [0.2, 0.25) is 0 Å². The summed E-state index contributed by atoms with van der Waals surface area (Å²) in [5.74, 6) is -0.343. The predicted octanol–water partition coefficient (Wildman–Crippen LogP) is -0.415. The summed E-state index contributed by atoms with van der Waals surface area (Å²) in [6, 6.07) is -1.05. The number of nitrogens with one attached hydrogen (secondary N) is 2. The van der Waals surface area contributed by atoms with Gasteiger partial charge in [0.2, 0.25) is 0 Å². The molecule has 2 rings (SSSR count). The Morgan fingerprint density at radius 1 is 1.42 bits per heavy atom. The van der Waals surface area contributed by atoms with E-state index in [0.717, 1.165) is 0 Å². The van der Waals surface area contributed by atoms with E-state index in [4.69, 9.17) is 0 Å². The molecule has 0 radical (unpaired) electrons. The number of aliphatic imine (C=N–C) groups is 1. The first kappa shape index (κ1) is 8.73. The molecule has 0 aromatic carbocycles. The Kier molecular flexibility index (Phi) is 2.14. The Labute approximate surface area is 74.3 Å². The van der Waals surface area contributed by atoms with E-state index in [-0.39, 0.29) is 18.3 Å². The lowest BCUT2D eigenvalue weighted by molar-refractivity contribution is -0.120. The van der Waals surface area contributed by atoms with Gasteiger partial charge in [0.05, 0.1) is 5.71 Å². The van der Waals surface area contributed by atoms with Crippen molar-refractivity contribution in [2.75, 3.05) is 0 Å². The second-order valence-electron chi connectivity index (χ2n) is 2.26. The van der Waals surface area contributed by atoms with Gasteiger partial charge in [0.1, 0.15) is 6.04 Å². The van der Waals surface area contributed by atoms with Gasteiger partial charge in [-0.05, 0) is 12.3 Å². The molecule has 3 amide bonds. The fraction of sp³-hybridized carbons (Fsp3) is 0.167. The molecule has 64 valence electrons. The highest BCUT2D eigenvalue weighted by atomic mass is 35.5. The topological polar surface area (TPSA) is 70.6 Å². The van der Waals surface area contributed by atoms with Gasteiger partial charge < -0.3 is 5.32 Å². The van der Waals surface area contributed by atoms with Gasteiger partial charge in [0.25, 0.3) is 5.91 Å². The summed E-state index contributed by atoms with van der Waals surface area (Å²) in [6.45, 7) is 0. The van der Waals surface area contributed by atoms with Gasteiger partial charge in [-0.15, -0.1) is 12.4 Å². The van der Waals surface area contributed by atoms with E-state index >= 15 is 0 Å². The normalized spacial score (nSPS) is 25.0. The zero-order valence-corrected chi connectivity index (χ0v) is 6.72. The van der Waals surface area contributed by atoms with Crippen LogP contribution in [-0.2, 0) is 4.79 Å². The number of imide groups is 1. The molecule has 0 aliphatic carbocycles. The molecule has 0 saturated carbocycles. The van der Waals surface area contributed by atoms with Crippen LogP contribution in [0, 0.1) is 0 Å². The number of hydrogen-bond acceptors (Lipinski definition) is 3. The van der Waals surface area contributed by atoms with Crippen molar-refractivity contribution in [3.8, 4) is 0 Å². The molecule has 0 fully saturated rings. The van der Waals surface area contributed by atoms with Gasteiger partial charge in [-0.25, -0.2) is 4.79 Å². The third kappa shape index (κ3) is 1.18. The van der Waals surface area contributed by atoms with E-state index in [1.54, 1.807) is 12.3 Å². The Morgan fingerprint density at radius 3 is 2.92 bits per heavy atom. The highest BCUT2D eigenvalue weighted by molar-refractivity contribution is 6.24. The summed E-state index contributed by atoms with van der Waals surface area (Å²) in [5, 5.41) is 4.84. The van der Waals surface area contributed by atoms with Crippen molar-refractivity contribution in [1.82, 2.24) is 10.6 Å². The molecule has 0 bridgehead atoms. The van der Waals surface area contributed by atoms with Gasteiger partial charge in [-0.3, -0.25) is 10.1 Å². The van der Waals surface area contributed by atoms with E-state index in [0.29, 0.717) is 5.71 Å². The van der Waals surface area contributed by atoms with Crippen molar-refractivity contribution >= 4 is 30.1 Å². The van der Waals surface area contributed by atoms with Crippen molar-refractivity contribution in [1.29, 1.82) is 0 Å². The van der Waals surface area contributed by atoms with Gasteiger partial charge in [0.15, 0.2) is 0 Å². The molecule has 5 nitrogen and oxygen atoms in total. The highest BCUT2D eigenvalue weighted by Gasteiger charge is 2.30. The lowest BCUT2D eigenvalue weighted by atomic mass is 10.2. The van der Waals surface area contributed by atoms with Gasteiger partial charge in [-0.1, -0.05) is 0 Å². The molecular weight excluding hydrogens is 182 g/mol. The molecule has 1 unspecified atom stereocenters. The van der Waals surface area contributed by atoms with Crippen molar-refractivity contribution in [3.05, 3.63) is 12.3 Å². The van der Waals surface area contributed by atoms with E-state index < -0.39 is 12.1 Å². The van der Waals surface area contributed by atoms with Crippen LogP contribution < -0.4 is 10.6 Å². The number of urea groups is 1. The minimum absolute atomic E-state index is 0. The maximum Gasteiger partial charge on any atom is 0.347 e. The molecular formula is C6H6ClN3O2. The smallest absolute Gasteiger partial charge is 0.347 e. The fourth-order valence-electron chi connectivity index (χ4n) is 1.05. The van der Waals surface area contributed by atoms with Gasteiger partial charge in [-0.2, -0.15) is 4.99 Å². The predicted molar refractivity (Wildman–Crippen MR) is 44.3 cm³/mol. The van der Waals surface area contributed by atoms with Crippen molar-refractivity contribution in [3.63, 3.8) is 0 Å². The summed E-state index contributed by atoms with van der Waals surface area (Å²) in [6.07, 6.45) is 3.21. The third-order valence-electron chi connectivity index (χ3n) is 1.54. The third-order valence-corrected chi connectivity index (χ3v) is 1.54. The van der Waals surface area contributed by atoms with Crippen LogP contribution in [0.5, 0.6) is 0 Å². The molecule has 1 atom stereocenters. The number of carbonyl (C=O) groups excluding carboxylic acids is 2. The van der Waals surface area contributed by atoms with Crippen LogP contribution in [0.1, 0.15) is 0 Å². The molecule has 6 heteroatoms. The zero-order chi connectivity index (χ0) is 7.84. The number of nitrogens with zero attached hydrogens (tertiary/aromatic N) is 1. The summed E-state index contributed by atoms with van der Waals surface area (Å²) < 4.78 is 0. The molecule has 0 saturated heterocycles. The van der Waals surface area contributed by atoms with Crippen molar-refractivity contribution in [2.24, 2.45) is 4.99 Å². The largest absolute Gasteiger partial charge is 0.375 e. The molecule has 0 spiro atoms. The monoisotopic (exact) mass is 187 g/mol. The lowest BCUT2D eigenvalue weighted by Crippen LogP contribution is -2.49. The Hall–Kier alpha value is -1.36. The number of rotatable bonds is 0. The number of amides is 3. The lowest BCUT2D eigenvalue weighted by Gasteiger charge is -2.14. The molecule has 2 aliphatic rings. The summed E-state index contributed by atoms with van der Waals surface area (Å²) in [7, 11) is 0. The molecule has 12 heavy (non-hydrogen) atoms. The Bertz CT molecular complexity index is 297. The first-order chi connectivity index (χ1) is 5.27. The fourth-order valence-corrected chi connectivity index (χ4v) is 1.05. The minimum Gasteiger partial charge on any atom is -0.375 e. The van der Waals surface area contributed by atoms with E-state index in [1.165, 1.54) is 0 Å². The average Bonchev–Trinajstić information content (AvgIpc) is 2.34. The van der Waals surface area contributed by atoms with Crippen LogP contribution in [0.4, 0.5) is 4.79 Å². The first-order valence-electron chi connectivity index (χ1n) is 3.13. The second kappa shape index (κ2) is 2.94. The molecule has 2 heterocycles.